The molecule has 0 fully saturated rings. The van der Waals surface area contributed by atoms with Crippen molar-refractivity contribution in [3.05, 3.63) is 27.2 Å². The number of hydrogen-bond acceptors (Lipinski definition) is 3. The summed E-state index contributed by atoms with van der Waals surface area (Å²) in [6.45, 7) is 3.90. The second kappa shape index (κ2) is 3.08. The smallest absolute Gasteiger partial charge is 0.322 e. The molecule has 80 valence electrons. The van der Waals surface area contributed by atoms with E-state index < -0.39 is 5.69 Å². The number of aromatic nitrogens is 4. The van der Waals surface area contributed by atoms with Gasteiger partial charge in [0.1, 0.15) is 0 Å². The van der Waals surface area contributed by atoms with Gasteiger partial charge in [-0.3, -0.25) is 14.3 Å². The first-order valence-corrected chi connectivity index (χ1v) is 4.68. The zero-order valence-corrected chi connectivity index (χ0v) is 8.81. The van der Waals surface area contributed by atoms with Crippen molar-refractivity contribution in [2.45, 2.75) is 19.9 Å². The van der Waals surface area contributed by atoms with Crippen LogP contribution in [0.1, 0.15) is 19.9 Å². The van der Waals surface area contributed by atoms with Gasteiger partial charge in [-0.15, -0.1) is 0 Å². The van der Waals surface area contributed by atoms with E-state index in [0.717, 1.165) is 0 Å². The highest BCUT2D eigenvalue weighted by Crippen LogP contribution is 2.11. The topological polar surface area (TPSA) is 72.7 Å². The Hall–Kier alpha value is -1.85. The van der Waals surface area contributed by atoms with Crippen molar-refractivity contribution in [3.63, 3.8) is 0 Å². The van der Waals surface area contributed by atoms with Gasteiger partial charge < -0.3 is 4.57 Å². The maximum atomic E-state index is 11.6. The summed E-state index contributed by atoms with van der Waals surface area (Å²) in [5, 5.41) is 0. The van der Waals surface area contributed by atoms with Crippen molar-refractivity contribution < 1.29 is 0 Å². The minimum atomic E-state index is -0.443. The molecule has 2 aromatic rings. The maximum Gasteiger partial charge on any atom is 0.329 e. The fourth-order valence-corrected chi connectivity index (χ4v) is 1.54. The second-order valence-corrected chi connectivity index (χ2v) is 3.74. The molecule has 6 heteroatoms. The van der Waals surface area contributed by atoms with E-state index >= 15 is 0 Å². The molecule has 0 atom stereocenters. The van der Waals surface area contributed by atoms with E-state index in [1.807, 2.05) is 13.8 Å². The Morgan fingerprint density at radius 3 is 2.67 bits per heavy atom. The molecule has 0 aliphatic heterocycles. The van der Waals surface area contributed by atoms with Crippen LogP contribution in [0.3, 0.4) is 0 Å². The Labute approximate surface area is 85.2 Å². The third-order valence-electron chi connectivity index (χ3n) is 2.39. The standard InChI is InChI=1S/C9H12N4O2/c1-5(2)13-4-10-7-6(13)8(14)11-9(15)12(7)3/h4-5H,1-3H3,(H,11,14,15). The van der Waals surface area contributed by atoms with Crippen molar-refractivity contribution in [3.8, 4) is 0 Å². The molecule has 0 saturated carbocycles. The van der Waals surface area contributed by atoms with Crippen LogP contribution < -0.4 is 11.2 Å². The van der Waals surface area contributed by atoms with E-state index in [1.54, 1.807) is 17.9 Å². The summed E-state index contributed by atoms with van der Waals surface area (Å²) in [5.74, 6) is 0. The Morgan fingerprint density at radius 2 is 2.07 bits per heavy atom. The minimum absolute atomic E-state index is 0.133. The van der Waals surface area contributed by atoms with Gasteiger partial charge in [0.05, 0.1) is 6.33 Å². The van der Waals surface area contributed by atoms with Crippen molar-refractivity contribution in [1.82, 2.24) is 19.1 Å². The lowest BCUT2D eigenvalue weighted by molar-refractivity contribution is 0.615. The van der Waals surface area contributed by atoms with Crippen LogP contribution in [0.25, 0.3) is 11.2 Å². The second-order valence-electron chi connectivity index (χ2n) is 3.74. The highest BCUT2D eigenvalue weighted by molar-refractivity contribution is 5.69. The van der Waals surface area contributed by atoms with Crippen LogP contribution in [0.15, 0.2) is 15.9 Å². The Bertz CT molecular complexity index is 617. The predicted molar refractivity (Wildman–Crippen MR) is 56.0 cm³/mol. The molecule has 0 bridgehead atoms. The van der Waals surface area contributed by atoms with Gasteiger partial charge >= 0.3 is 5.69 Å². The number of nitrogens with zero attached hydrogens (tertiary/aromatic N) is 3. The van der Waals surface area contributed by atoms with Crippen molar-refractivity contribution >= 4 is 11.2 Å². The molecule has 0 spiro atoms. The van der Waals surface area contributed by atoms with Crippen LogP contribution in [-0.2, 0) is 7.05 Å². The summed E-state index contributed by atoms with van der Waals surface area (Å²) in [7, 11) is 1.58. The van der Waals surface area contributed by atoms with Crippen molar-refractivity contribution in [2.24, 2.45) is 7.05 Å². The predicted octanol–water partition coefficient (Wildman–Crippen LogP) is 0.00420. The van der Waals surface area contributed by atoms with Crippen LogP contribution in [0, 0.1) is 0 Å². The van der Waals surface area contributed by atoms with Gasteiger partial charge in [0.25, 0.3) is 5.56 Å². The number of fused-ring (bicyclic) bond motifs is 1. The number of rotatable bonds is 1. The third-order valence-corrected chi connectivity index (χ3v) is 2.39. The Morgan fingerprint density at radius 1 is 1.40 bits per heavy atom. The molecule has 2 rings (SSSR count). The summed E-state index contributed by atoms with van der Waals surface area (Å²) in [6.07, 6.45) is 1.57. The van der Waals surface area contributed by atoms with Gasteiger partial charge in [-0.05, 0) is 13.8 Å². The Balaban J connectivity index is 3.00. The SMILES string of the molecule is CC(C)n1cnc2c1c(=O)[nH]c(=O)n2C. The molecule has 15 heavy (non-hydrogen) atoms. The molecular weight excluding hydrogens is 196 g/mol. The molecule has 2 heterocycles. The molecule has 1 N–H and O–H groups in total. The molecule has 0 radical (unpaired) electrons. The van der Waals surface area contributed by atoms with Crippen LogP contribution in [-0.4, -0.2) is 19.1 Å². The van der Waals surface area contributed by atoms with Gasteiger partial charge in [-0.2, -0.15) is 0 Å². The summed E-state index contributed by atoms with van der Waals surface area (Å²) in [4.78, 5) is 29.2. The summed E-state index contributed by atoms with van der Waals surface area (Å²) in [6, 6.07) is 0.133. The van der Waals surface area contributed by atoms with Crippen LogP contribution in [0.5, 0.6) is 0 Å². The average Bonchev–Trinajstić information content (AvgIpc) is 2.58. The fourth-order valence-electron chi connectivity index (χ4n) is 1.54. The largest absolute Gasteiger partial charge is 0.329 e. The lowest BCUT2D eigenvalue weighted by Crippen LogP contribution is -2.29. The maximum absolute atomic E-state index is 11.6. The van der Waals surface area contributed by atoms with Crippen molar-refractivity contribution in [2.75, 3.05) is 0 Å². The first-order valence-electron chi connectivity index (χ1n) is 4.68. The van der Waals surface area contributed by atoms with Crippen LogP contribution >= 0.6 is 0 Å². The van der Waals surface area contributed by atoms with E-state index in [-0.39, 0.29) is 11.6 Å². The van der Waals surface area contributed by atoms with Crippen LogP contribution in [0.2, 0.25) is 0 Å². The van der Waals surface area contributed by atoms with Crippen LogP contribution in [0.4, 0.5) is 0 Å². The summed E-state index contributed by atoms with van der Waals surface area (Å²) < 4.78 is 3.07. The van der Waals surface area contributed by atoms with E-state index in [1.165, 1.54) is 4.57 Å². The fraction of sp³-hybridized carbons (Fsp3) is 0.444. The molecule has 0 aromatic carbocycles. The van der Waals surface area contributed by atoms with Gasteiger partial charge in [0.15, 0.2) is 11.2 Å². The third kappa shape index (κ3) is 1.29. The highest BCUT2D eigenvalue weighted by Gasteiger charge is 2.12. The number of aromatic amines is 1. The van der Waals surface area contributed by atoms with Gasteiger partial charge in [-0.25, -0.2) is 9.78 Å². The number of hydrogen-bond donors (Lipinski definition) is 1. The molecular formula is C9H12N4O2. The molecule has 2 aromatic heterocycles. The molecule has 0 unspecified atom stereocenters. The number of imidazole rings is 1. The molecule has 0 saturated heterocycles. The molecule has 0 amide bonds. The van der Waals surface area contributed by atoms with E-state index in [0.29, 0.717) is 11.2 Å². The summed E-state index contributed by atoms with van der Waals surface area (Å²) in [5.41, 5.74) is 0.0188. The van der Waals surface area contributed by atoms with Crippen molar-refractivity contribution in [1.29, 1.82) is 0 Å². The van der Waals surface area contributed by atoms with E-state index in [2.05, 4.69) is 9.97 Å². The quantitative estimate of drug-likeness (QED) is 0.717. The van der Waals surface area contributed by atoms with Gasteiger partial charge in [0, 0.05) is 13.1 Å². The monoisotopic (exact) mass is 208 g/mol. The molecule has 6 nitrogen and oxygen atoms in total. The average molecular weight is 208 g/mol. The van der Waals surface area contributed by atoms with E-state index in [9.17, 15) is 9.59 Å². The van der Waals surface area contributed by atoms with Gasteiger partial charge in [0.2, 0.25) is 0 Å². The zero-order chi connectivity index (χ0) is 11.2. The number of aryl methyl sites for hydroxylation is 1. The summed E-state index contributed by atoms with van der Waals surface area (Å²) >= 11 is 0. The molecule has 0 aliphatic rings. The first kappa shape index (κ1) is 9.70. The Kier molecular flexibility index (Phi) is 1.99. The lowest BCUT2D eigenvalue weighted by Gasteiger charge is -2.06. The lowest BCUT2D eigenvalue weighted by atomic mass is 10.4. The molecule has 0 aliphatic carbocycles. The zero-order valence-electron chi connectivity index (χ0n) is 8.81. The minimum Gasteiger partial charge on any atom is -0.322 e. The first-order chi connectivity index (χ1) is 7.02. The highest BCUT2D eigenvalue weighted by atomic mass is 16.2. The van der Waals surface area contributed by atoms with E-state index in [4.69, 9.17) is 0 Å². The van der Waals surface area contributed by atoms with Gasteiger partial charge in [-0.1, -0.05) is 0 Å². The normalized spacial score (nSPS) is 11.5. The number of nitrogens with one attached hydrogen (secondary N) is 1. The number of H-pyrrole nitrogens is 1.